The first-order valence-electron chi connectivity index (χ1n) is 17.9. The van der Waals surface area contributed by atoms with Gasteiger partial charge in [-0.3, -0.25) is 4.79 Å². The number of esters is 1. The maximum Gasteiger partial charge on any atom is 0.306 e. The van der Waals surface area contributed by atoms with E-state index in [-0.39, 0.29) is 11.6 Å². The average molecular weight is 537 g/mol. The first-order valence-corrected chi connectivity index (χ1v) is 17.9. The molecule has 0 saturated heterocycles. The van der Waals surface area contributed by atoms with Gasteiger partial charge in [0.15, 0.2) is 0 Å². The van der Waals surface area contributed by atoms with Crippen LogP contribution in [0.2, 0.25) is 0 Å². The van der Waals surface area contributed by atoms with E-state index < -0.39 is 0 Å². The van der Waals surface area contributed by atoms with Crippen molar-refractivity contribution in [3.63, 3.8) is 0 Å². The smallest absolute Gasteiger partial charge is 0.306 e. The third-order valence-electron chi connectivity index (χ3n) is 8.52. The van der Waals surface area contributed by atoms with Crippen LogP contribution < -0.4 is 0 Å². The van der Waals surface area contributed by atoms with Crippen LogP contribution in [0.15, 0.2) is 0 Å². The molecule has 0 aliphatic rings. The molecule has 228 valence electrons. The highest BCUT2D eigenvalue weighted by atomic mass is 16.6. The van der Waals surface area contributed by atoms with Crippen LogP contribution >= 0.6 is 0 Å². The van der Waals surface area contributed by atoms with Crippen molar-refractivity contribution >= 4 is 5.97 Å². The molecular formula is C36H72O2. The lowest BCUT2D eigenvalue weighted by atomic mass is 9.84. The molecule has 2 heteroatoms. The number of hydrogen-bond donors (Lipinski definition) is 0. The zero-order valence-electron chi connectivity index (χ0n) is 27.0. The van der Waals surface area contributed by atoms with E-state index in [1.54, 1.807) is 0 Å². The van der Waals surface area contributed by atoms with Gasteiger partial charge >= 0.3 is 5.97 Å². The fourth-order valence-corrected chi connectivity index (χ4v) is 5.91. The molecule has 0 aromatic heterocycles. The molecule has 0 heterocycles. The van der Waals surface area contributed by atoms with Gasteiger partial charge in [0.1, 0.15) is 5.60 Å². The van der Waals surface area contributed by atoms with E-state index in [2.05, 4.69) is 27.7 Å². The van der Waals surface area contributed by atoms with Gasteiger partial charge in [-0.05, 0) is 44.9 Å². The van der Waals surface area contributed by atoms with Gasteiger partial charge < -0.3 is 4.74 Å². The average Bonchev–Trinajstić information content (AvgIpc) is 2.91. The Morgan fingerprint density at radius 2 is 0.658 bits per heavy atom. The second-order valence-electron chi connectivity index (χ2n) is 12.4. The Hall–Kier alpha value is -0.530. The van der Waals surface area contributed by atoms with Gasteiger partial charge in [-0.1, -0.05) is 169 Å². The molecule has 0 bridgehead atoms. The minimum atomic E-state index is -0.195. The first kappa shape index (κ1) is 37.5. The van der Waals surface area contributed by atoms with Gasteiger partial charge in [0.05, 0.1) is 0 Å². The lowest BCUT2D eigenvalue weighted by Gasteiger charge is -2.34. The van der Waals surface area contributed by atoms with Gasteiger partial charge in [-0.25, -0.2) is 0 Å². The largest absolute Gasteiger partial charge is 0.459 e. The highest BCUT2D eigenvalue weighted by Gasteiger charge is 2.32. The van der Waals surface area contributed by atoms with E-state index in [9.17, 15) is 4.79 Å². The maximum absolute atomic E-state index is 13.1. The molecule has 0 aromatic rings. The highest BCUT2D eigenvalue weighted by Crippen LogP contribution is 2.33. The van der Waals surface area contributed by atoms with Gasteiger partial charge in [-0.15, -0.1) is 0 Å². The molecule has 0 saturated carbocycles. The summed E-state index contributed by atoms with van der Waals surface area (Å²) in [6.45, 7) is 9.14. The molecule has 38 heavy (non-hydrogen) atoms. The Balaban J connectivity index is 4.60. The molecule has 0 unspecified atom stereocenters. The lowest BCUT2D eigenvalue weighted by Crippen LogP contribution is -2.35. The SMILES string of the molecule is CCCCCCCCCCCCCC(=O)OC(CCCCCC)(CCCCCC)CCCCCCCCC. The number of unbranched alkanes of at least 4 members (excludes halogenated alkanes) is 22. The Kier molecular flexibility index (Phi) is 29.0. The van der Waals surface area contributed by atoms with Crippen LogP contribution in [0.25, 0.3) is 0 Å². The zero-order chi connectivity index (χ0) is 28.0. The molecule has 0 aliphatic carbocycles. The Bertz CT molecular complexity index is 460. The topological polar surface area (TPSA) is 26.3 Å². The Morgan fingerprint density at radius 1 is 0.395 bits per heavy atom. The van der Waals surface area contributed by atoms with E-state index >= 15 is 0 Å². The summed E-state index contributed by atoms with van der Waals surface area (Å²) in [5, 5.41) is 0. The predicted molar refractivity (Wildman–Crippen MR) is 170 cm³/mol. The van der Waals surface area contributed by atoms with Crippen molar-refractivity contribution in [1.82, 2.24) is 0 Å². The van der Waals surface area contributed by atoms with Crippen LogP contribution in [0.4, 0.5) is 0 Å². The predicted octanol–water partition coefficient (Wildman–Crippen LogP) is 13.1. The van der Waals surface area contributed by atoms with E-state index in [4.69, 9.17) is 4.74 Å². The van der Waals surface area contributed by atoms with E-state index in [1.165, 1.54) is 161 Å². The van der Waals surface area contributed by atoms with Gasteiger partial charge in [0.25, 0.3) is 0 Å². The summed E-state index contributed by atoms with van der Waals surface area (Å²) in [6, 6.07) is 0. The summed E-state index contributed by atoms with van der Waals surface area (Å²) in [6.07, 6.45) is 37.8. The zero-order valence-corrected chi connectivity index (χ0v) is 27.0. The van der Waals surface area contributed by atoms with Gasteiger partial charge in [0, 0.05) is 6.42 Å². The monoisotopic (exact) mass is 537 g/mol. The molecule has 0 atom stereocenters. The van der Waals surface area contributed by atoms with Crippen molar-refractivity contribution in [2.24, 2.45) is 0 Å². The first-order chi connectivity index (χ1) is 18.6. The van der Waals surface area contributed by atoms with E-state index in [0.717, 1.165) is 25.7 Å². The lowest BCUT2D eigenvalue weighted by molar-refractivity contribution is -0.163. The third kappa shape index (κ3) is 24.5. The van der Waals surface area contributed by atoms with Crippen LogP contribution in [0.5, 0.6) is 0 Å². The van der Waals surface area contributed by atoms with Crippen LogP contribution in [0.3, 0.4) is 0 Å². The molecule has 0 spiro atoms. The molecule has 0 rings (SSSR count). The maximum atomic E-state index is 13.1. The molecule has 2 nitrogen and oxygen atoms in total. The number of carbonyl (C=O) groups is 1. The van der Waals surface area contributed by atoms with Crippen molar-refractivity contribution in [3.8, 4) is 0 Å². The van der Waals surface area contributed by atoms with Crippen molar-refractivity contribution in [2.75, 3.05) is 0 Å². The van der Waals surface area contributed by atoms with Crippen LogP contribution in [-0.2, 0) is 9.53 Å². The third-order valence-corrected chi connectivity index (χ3v) is 8.52. The quantitative estimate of drug-likeness (QED) is 0.0650. The van der Waals surface area contributed by atoms with Crippen LogP contribution in [-0.4, -0.2) is 11.6 Å². The summed E-state index contributed by atoms with van der Waals surface area (Å²) >= 11 is 0. The molecule has 0 amide bonds. The molecule has 0 fully saturated rings. The van der Waals surface area contributed by atoms with Gasteiger partial charge in [-0.2, -0.15) is 0 Å². The fraction of sp³-hybridized carbons (Fsp3) is 0.972. The summed E-state index contributed by atoms with van der Waals surface area (Å²) in [7, 11) is 0. The van der Waals surface area contributed by atoms with E-state index in [1.807, 2.05) is 0 Å². The Morgan fingerprint density at radius 3 is 1.00 bits per heavy atom. The molecule has 0 aliphatic heterocycles. The summed E-state index contributed by atoms with van der Waals surface area (Å²) in [5.41, 5.74) is -0.195. The van der Waals surface area contributed by atoms with Crippen LogP contribution in [0.1, 0.15) is 220 Å². The van der Waals surface area contributed by atoms with Crippen LogP contribution in [0, 0.1) is 0 Å². The number of carbonyl (C=O) groups excluding carboxylic acids is 1. The molecule has 0 N–H and O–H groups in total. The van der Waals surface area contributed by atoms with Crippen molar-refractivity contribution in [1.29, 1.82) is 0 Å². The Labute approximate surface area is 241 Å². The van der Waals surface area contributed by atoms with E-state index in [0.29, 0.717) is 6.42 Å². The van der Waals surface area contributed by atoms with Crippen molar-refractivity contribution in [3.05, 3.63) is 0 Å². The van der Waals surface area contributed by atoms with Gasteiger partial charge in [0.2, 0.25) is 0 Å². The fourth-order valence-electron chi connectivity index (χ4n) is 5.91. The highest BCUT2D eigenvalue weighted by molar-refractivity contribution is 5.69. The minimum Gasteiger partial charge on any atom is -0.459 e. The molecule has 0 aromatic carbocycles. The number of hydrogen-bond acceptors (Lipinski definition) is 2. The molecular weight excluding hydrogens is 464 g/mol. The standard InChI is InChI=1S/C36H72O2/c1-5-9-13-17-19-20-21-22-23-25-27-31-35(37)38-36(32-28-15-11-7-3,33-29-16-12-8-4)34-30-26-24-18-14-10-6-2/h5-34H2,1-4H3. The second kappa shape index (κ2) is 29.5. The summed E-state index contributed by atoms with van der Waals surface area (Å²) < 4.78 is 6.50. The normalized spacial score (nSPS) is 11.8. The summed E-state index contributed by atoms with van der Waals surface area (Å²) in [5.74, 6) is 0.0925. The number of ether oxygens (including phenoxy) is 1. The summed E-state index contributed by atoms with van der Waals surface area (Å²) in [4.78, 5) is 13.1. The number of rotatable bonds is 31. The van der Waals surface area contributed by atoms with Crippen molar-refractivity contribution in [2.45, 2.75) is 226 Å². The van der Waals surface area contributed by atoms with Crippen molar-refractivity contribution < 1.29 is 9.53 Å². The second-order valence-corrected chi connectivity index (χ2v) is 12.4. The molecule has 0 radical (unpaired) electrons. The minimum absolute atomic E-state index is 0.0925.